The van der Waals surface area contributed by atoms with Gasteiger partial charge in [0.05, 0.1) is 5.69 Å². The predicted octanol–water partition coefficient (Wildman–Crippen LogP) is 5.12. The first kappa shape index (κ1) is 17.0. The molecule has 0 aliphatic rings. The third kappa shape index (κ3) is 4.35. The van der Waals surface area contributed by atoms with E-state index < -0.39 is 0 Å². The van der Waals surface area contributed by atoms with Crippen LogP contribution < -0.4 is 10.2 Å². The van der Waals surface area contributed by atoms with Gasteiger partial charge in [0, 0.05) is 29.9 Å². The van der Waals surface area contributed by atoms with Crippen molar-refractivity contribution in [1.29, 1.82) is 0 Å². The molecular weight excluding hydrogens is 308 g/mol. The number of nitrogens with one attached hydrogen (secondary N) is 1. The molecule has 0 radical (unpaired) electrons. The number of nitrogens with zero attached hydrogens (tertiary/aromatic N) is 3. The van der Waals surface area contributed by atoms with Crippen LogP contribution in [0.5, 0.6) is 0 Å². The van der Waals surface area contributed by atoms with Crippen LogP contribution in [0.1, 0.15) is 20.8 Å². The Morgan fingerprint density at radius 3 is 2.04 bits per heavy atom. The molecule has 0 amide bonds. The van der Waals surface area contributed by atoms with E-state index in [0.717, 1.165) is 22.8 Å². The van der Waals surface area contributed by atoms with E-state index in [9.17, 15) is 0 Å². The van der Waals surface area contributed by atoms with Crippen molar-refractivity contribution < 1.29 is 0 Å². The third-order valence-electron chi connectivity index (χ3n) is 3.76. The SMILES string of the molecule is CN(c1ccccc1)c1cc(-c2ccccc2)nc(NC(C)(C)C)n1. The number of para-hydroxylation sites is 1. The van der Waals surface area contributed by atoms with E-state index in [1.54, 1.807) is 0 Å². The second-order valence-corrected chi connectivity index (χ2v) is 7.07. The third-order valence-corrected chi connectivity index (χ3v) is 3.76. The molecule has 1 aromatic heterocycles. The first-order valence-corrected chi connectivity index (χ1v) is 8.44. The molecule has 0 aliphatic heterocycles. The molecule has 1 heterocycles. The van der Waals surface area contributed by atoms with Gasteiger partial charge < -0.3 is 10.2 Å². The number of aromatic nitrogens is 2. The smallest absolute Gasteiger partial charge is 0.225 e. The molecule has 128 valence electrons. The zero-order chi connectivity index (χ0) is 17.9. The highest BCUT2D eigenvalue weighted by Crippen LogP contribution is 2.27. The molecular formula is C21H24N4. The summed E-state index contributed by atoms with van der Waals surface area (Å²) in [5, 5.41) is 3.39. The lowest BCUT2D eigenvalue weighted by molar-refractivity contribution is 0.626. The Bertz CT molecular complexity index is 824. The minimum absolute atomic E-state index is 0.113. The molecule has 0 bridgehead atoms. The lowest BCUT2D eigenvalue weighted by Crippen LogP contribution is -2.28. The van der Waals surface area contributed by atoms with Crippen LogP contribution >= 0.6 is 0 Å². The van der Waals surface area contributed by atoms with E-state index in [1.807, 2.05) is 49.5 Å². The normalized spacial score (nSPS) is 11.2. The molecule has 0 spiro atoms. The van der Waals surface area contributed by atoms with Gasteiger partial charge in [-0.3, -0.25) is 0 Å². The second-order valence-electron chi connectivity index (χ2n) is 7.07. The van der Waals surface area contributed by atoms with Gasteiger partial charge in [-0.25, -0.2) is 4.98 Å². The number of hydrogen-bond donors (Lipinski definition) is 1. The summed E-state index contributed by atoms with van der Waals surface area (Å²) in [5.74, 6) is 1.48. The largest absolute Gasteiger partial charge is 0.350 e. The molecule has 0 unspecified atom stereocenters. The summed E-state index contributed by atoms with van der Waals surface area (Å²) < 4.78 is 0. The van der Waals surface area contributed by atoms with Gasteiger partial charge in [0.2, 0.25) is 5.95 Å². The molecule has 4 nitrogen and oxygen atoms in total. The van der Waals surface area contributed by atoms with Gasteiger partial charge in [0.15, 0.2) is 0 Å². The maximum Gasteiger partial charge on any atom is 0.225 e. The van der Waals surface area contributed by atoms with Crippen LogP contribution in [0, 0.1) is 0 Å². The van der Waals surface area contributed by atoms with Crippen LogP contribution in [0.4, 0.5) is 17.5 Å². The van der Waals surface area contributed by atoms with Crippen molar-refractivity contribution in [3.8, 4) is 11.3 Å². The molecule has 3 aromatic rings. The van der Waals surface area contributed by atoms with Crippen molar-refractivity contribution in [2.45, 2.75) is 26.3 Å². The zero-order valence-electron chi connectivity index (χ0n) is 15.2. The molecule has 0 aliphatic carbocycles. The van der Waals surface area contributed by atoms with E-state index in [0.29, 0.717) is 5.95 Å². The van der Waals surface area contributed by atoms with Crippen molar-refractivity contribution in [1.82, 2.24) is 9.97 Å². The van der Waals surface area contributed by atoms with Crippen molar-refractivity contribution in [2.75, 3.05) is 17.3 Å². The molecule has 4 heteroatoms. The standard InChI is InChI=1S/C21H24N4/c1-21(2,3)24-20-22-18(16-11-7-5-8-12-16)15-19(23-20)25(4)17-13-9-6-10-14-17/h5-15H,1-4H3,(H,22,23,24). The van der Waals surface area contributed by atoms with Crippen molar-refractivity contribution in [3.05, 3.63) is 66.7 Å². The number of rotatable bonds is 4. The maximum atomic E-state index is 4.72. The van der Waals surface area contributed by atoms with E-state index in [1.165, 1.54) is 0 Å². The van der Waals surface area contributed by atoms with Crippen molar-refractivity contribution >= 4 is 17.5 Å². The average molecular weight is 332 g/mol. The second kappa shape index (κ2) is 6.93. The van der Waals surface area contributed by atoms with Gasteiger partial charge in [-0.05, 0) is 32.9 Å². The monoisotopic (exact) mass is 332 g/mol. The summed E-state index contributed by atoms with van der Waals surface area (Å²) in [6.45, 7) is 6.31. The molecule has 0 fully saturated rings. The Morgan fingerprint density at radius 2 is 1.44 bits per heavy atom. The summed E-state index contributed by atoms with van der Waals surface area (Å²) in [6.07, 6.45) is 0. The summed E-state index contributed by atoms with van der Waals surface area (Å²) in [6, 6.07) is 22.4. The maximum absolute atomic E-state index is 4.72. The van der Waals surface area contributed by atoms with Gasteiger partial charge in [-0.2, -0.15) is 4.98 Å². The highest BCUT2D eigenvalue weighted by Gasteiger charge is 2.15. The predicted molar refractivity (Wildman–Crippen MR) is 105 cm³/mol. The fourth-order valence-corrected chi connectivity index (χ4v) is 2.54. The number of hydrogen-bond acceptors (Lipinski definition) is 4. The summed E-state index contributed by atoms with van der Waals surface area (Å²) >= 11 is 0. The fourth-order valence-electron chi connectivity index (χ4n) is 2.54. The molecule has 25 heavy (non-hydrogen) atoms. The van der Waals surface area contributed by atoms with E-state index in [2.05, 4.69) is 55.3 Å². The van der Waals surface area contributed by atoms with Crippen LogP contribution in [0.15, 0.2) is 66.7 Å². The lowest BCUT2D eigenvalue weighted by atomic mass is 10.1. The lowest BCUT2D eigenvalue weighted by Gasteiger charge is -2.24. The quantitative estimate of drug-likeness (QED) is 0.720. The van der Waals surface area contributed by atoms with E-state index in [4.69, 9.17) is 9.97 Å². The minimum Gasteiger partial charge on any atom is -0.350 e. The number of anilines is 3. The van der Waals surface area contributed by atoms with Crippen LogP contribution in [-0.2, 0) is 0 Å². The van der Waals surface area contributed by atoms with Gasteiger partial charge in [-0.1, -0.05) is 48.5 Å². The highest BCUT2D eigenvalue weighted by atomic mass is 15.2. The Hall–Kier alpha value is -2.88. The Morgan fingerprint density at radius 1 is 0.840 bits per heavy atom. The Labute approximate surface area is 149 Å². The van der Waals surface area contributed by atoms with Gasteiger partial charge >= 0.3 is 0 Å². The van der Waals surface area contributed by atoms with Crippen LogP contribution in [0.2, 0.25) is 0 Å². The summed E-state index contributed by atoms with van der Waals surface area (Å²) in [7, 11) is 2.02. The van der Waals surface area contributed by atoms with Crippen molar-refractivity contribution in [2.24, 2.45) is 0 Å². The molecule has 3 rings (SSSR count). The minimum atomic E-state index is -0.113. The molecule has 0 saturated carbocycles. The first-order chi connectivity index (χ1) is 11.9. The van der Waals surface area contributed by atoms with Crippen LogP contribution in [0.25, 0.3) is 11.3 Å². The summed E-state index contributed by atoms with van der Waals surface area (Å²) in [5.41, 5.74) is 2.95. The van der Waals surface area contributed by atoms with Crippen LogP contribution in [0.3, 0.4) is 0 Å². The topological polar surface area (TPSA) is 41.1 Å². The van der Waals surface area contributed by atoms with Gasteiger partial charge in [-0.15, -0.1) is 0 Å². The summed E-state index contributed by atoms with van der Waals surface area (Å²) in [4.78, 5) is 11.5. The highest BCUT2D eigenvalue weighted by molar-refractivity contribution is 5.68. The van der Waals surface area contributed by atoms with Gasteiger partial charge in [0.25, 0.3) is 0 Å². The van der Waals surface area contributed by atoms with Crippen molar-refractivity contribution in [3.63, 3.8) is 0 Å². The van der Waals surface area contributed by atoms with Gasteiger partial charge in [0.1, 0.15) is 5.82 Å². The zero-order valence-corrected chi connectivity index (χ0v) is 15.2. The molecule has 0 saturated heterocycles. The van der Waals surface area contributed by atoms with E-state index >= 15 is 0 Å². The number of benzene rings is 2. The Balaban J connectivity index is 2.06. The molecule has 0 atom stereocenters. The van der Waals surface area contributed by atoms with E-state index in [-0.39, 0.29) is 5.54 Å². The first-order valence-electron chi connectivity index (χ1n) is 8.44. The molecule has 1 N–H and O–H groups in total. The Kier molecular flexibility index (Phi) is 4.70. The fraction of sp³-hybridized carbons (Fsp3) is 0.238. The molecule has 2 aromatic carbocycles. The van der Waals surface area contributed by atoms with Crippen LogP contribution in [-0.4, -0.2) is 22.6 Å². The average Bonchev–Trinajstić information content (AvgIpc) is 2.61.